The van der Waals surface area contributed by atoms with Gasteiger partial charge in [-0.25, -0.2) is 0 Å². The van der Waals surface area contributed by atoms with Crippen LogP contribution in [0.1, 0.15) is 50.9 Å². The molecule has 0 radical (unpaired) electrons. The Hall–Kier alpha value is -2.37. The minimum Gasteiger partial charge on any atom is -0.350 e. The van der Waals surface area contributed by atoms with Crippen LogP contribution in [0.2, 0.25) is 0 Å². The van der Waals surface area contributed by atoms with Crippen molar-refractivity contribution >= 4 is 23.4 Å². The lowest BCUT2D eigenvalue weighted by Crippen LogP contribution is -2.47. The Labute approximate surface area is 149 Å². The monoisotopic (exact) mass is 345 g/mol. The van der Waals surface area contributed by atoms with Crippen molar-refractivity contribution in [2.24, 2.45) is 5.92 Å². The van der Waals surface area contributed by atoms with E-state index in [4.69, 9.17) is 0 Å². The van der Waals surface area contributed by atoms with Gasteiger partial charge in [-0.3, -0.25) is 14.4 Å². The molecule has 6 heteroatoms. The fourth-order valence-corrected chi connectivity index (χ4v) is 2.43. The summed E-state index contributed by atoms with van der Waals surface area (Å²) in [5, 5.41) is 5.70. The van der Waals surface area contributed by atoms with E-state index in [1.165, 1.54) is 4.90 Å². The van der Waals surface area contributed by atoms with Crippen LogP contribution in [0, 0.1) is 5.92 Å². The van der Waals surface area contributed by atoms with Crippen molar-refractivity contribution in [1.29, 1.82) is 0 Å². The minimum absolute atomic E-state index is 0.0206. The van der Waals surface area contributed by atoms with Crippen molar-refractivity contribution in [3.8, 4) is 0 Å². The number of amides is 3. The fraction of sp³-hybridized carbons (Fsp3) is 0.526. The molecule has 0 atom stereocenters. The predicted molar refractivity (Wildman–Crippen MR) is 97.3 cm³/mol. The molecular weight excluding hydrogens is 318 g/mol. The number of anilines is 1. The molecule has 1 aliphatic carbocycles. The molecule has 25 heavy (non-hydrogen) atoms. The van der Waals surface area contributed by atoms with Gasteiger partial charge in [0.25, 0.3) is 5.91 Å². The van der Waals surface area contributed by atoms with E-state index in [-0.39, 0.29) is 35.7 Å². The van der Waals surface area contributed by atoms with Crippen molar-refractivity contribution in [3.63, 3.8) is 0 Å². The average molecular weight is 345 g/mol. The van der Waals surface area contributed by atoms with Gasteiger partial charge < -0.3 is 15.5 Å². The van der Waals surface area contributed by atoms with E-state index in [9.17, 15) is 14.4 Å². The van der Waals surface area contributed by atoms with Gasteiger partial charge in [-0.1, -0.05) is 0 Å². The molecule has 0 heterocycles. The summed E-state index contributed by atoms with van der Waals surface area (Å²) < 4.78 is 0. The minimum atomic E-state index is -0.332. The average Bonchev–Trinajstić information content (AvgIpc) is 3.36. The highest BCUT2D eigenvalue weighted by molar-refractivity contribution is 5.98. The zero-order valence-corrected chi connectivity index (χ0v) is 15.4. The maximum Gasteiger partial charge on any atom is 0.254 e. The van der Waals surface area contributed by atoms with Crippen molar-refractivity contribution in [1.82, 2.24) is 10.2 Å². The molecule has 136 valence electrons. The molecule has 3 amide bonds. The third-order valence-electron chi connectivity index (χ3n) is 3.87. The van der Waals surface area contributed by atoms with Gasteiger partial charge in [0.05, 0.1) is 6.54 Å². The lowest BCUT2D eigenvalue weighted by molar-refractivity contribution is -0.123. The van der Waals surface area contributed by atoms with E-state index in [2.05, 4.69) is 10.6 Å². The molecule has 1 aliphatic rings. The van der Waals surface area contributed by atoms with Gasteiger partial charge in [0.1, 0.15) is 0 Å². The second kappa shape index (κ2) is 7.68. The molecule has 0 unspecified atom stereocenters. The largest absolute Gasteiger partial charge is 0.350 e. The Balaban J connectivity index is 1.96. The number of carbonyl (C=O) groups excluding carboxylic acids is 3. The molecule has 1 aromatic rings. The lowest BCUT2D eigenvalue weighted by atomic mass is 10.1. The van der Waals surface area contributed by atoms with Crippen LogP contribution in [0.15, 0.2) is 24.3 Å². The van der Waals surface area contributed by atoms with Crippen LogP contribution in [-0.2, 0) is 9.59 Å². The first-order chi connectivity index (χ1) is 11.7. The number of carbonyl (C=O) groups is 3. The van der Waals surface area contributed by atoms with Crippen LogP contribution in [0.4, 0.5) is 5.69 Å². The van der Waals surface area contributed by atoms with Gasteiger partial charge in [-0.15, -0.1) is 0 Å². The van der Waals surface area contributed by atoms with Gasteiger partial charge in [0.2, 0.25) is 11.8 Å². The summed E-state index contributed by atoms with van der Waals surface area (Å²) in [5.41, 5.74) is 0.845. The highest BCUT2D eigenvalue weighted by atomic mass is 16.2. The molecule has 2 N–H and O–H groups in total. The van der Waals surface area contributed by atoms with E-state index < -0.39 is 0 Å². The summed E-state index contributed by atoms with van der Waals surface area (Å²) in [6.07, 6.45) is 1.90. The number of nitrogens with one attached hydrogen (secondary N) is 2. The van der Waals surface area contributed by atoms with E-state index in [1.807, 2.05) is 27.7 Å². The number of likely N-dealkylation sites (N-methyl/N-ethyl adjacent to an activating group) is 1. The molecule has 1 saturated carbocycles. The molecule has 0 saturated heterocycles. The normalized spacial score (nSPS) is 13.9. The van der Waals surface area contributed by atoms with E-state index >= 15 is 0 Å². The third kappa shape index (κ3) is 5.89. The highest BCUT2D eigenvalue weighted by Gasteiger charge is 2.29. The molecule has 1 aromatic carbocycles. The van der Waals surface area contributed by atoms with Gasteiger partial charge >= 0.3 is 0 Å². The maximum absolute atomic E-state index is 12.6. The molecule has 1 fully saturated rings. The Morgan fingerprint density at radius 1 is 1.12 bits per heavy atom. The van der Waals surface area contributed by atoms with Crippen LogP contribution in [-0.4, -0.2) is 41.2 Å². The Morgan fingerprint density at radius 2 is 1.72 bits per heavy atom. The SMILES string of the molecule is CCN(CC(=O)NC(C)(C)C)C(=O)c1ccc(NC(=O)C2CC2)cc1. The fourth-order valence-electron chi connectivity index (χ4n) is 2.43. The van der Waals surface area contributed by atoms with Gasteiger partial charge in [0, 0.05) is 29.3 Å². The second-order valence-corrected chi connectivity index (χ2v) is 7.46. The van der Waals surface area contributed by atoms with E-state index in [1.54, 1.807) is 24.3 Å². The number of benzene rings is 1. The van der Waals surface area contributed by atoms with Crippen molar-refractivity contribution in [3.05, 3.63) is 29.8 Å². The smallest absolute Gasteiger partial charge is 0.254 e. The highest BCUT2D eigenvalue weighted by Crippen LogP contribution is 2.30. The Kier molecular flexibility index (Phi) is 5.82. The molecule has 0 aromatic heterocycles. The predicted octanol–water partition coefficient (Wildman–Crippen LogP) is 2.41. The quantitative estimate of drug-likeness (QED) is 0.831. The number of hydrogen-bond acceptors (Lipinski definition) is 3. The maximum atomic E-state index is 12.6. The van der Waals surface area contributed by atoms with Gasteiger partial charge in [0.15, 0.2) is 0 Å². The first-order valence-corrected chi connectivity index (χ1v) is 8.71. The van der Waals surface area contributed by atoms with Crippen LogP contribution in [0.25, 0.3) is 0 Å². The number of nitrogens with zero attached hydrogens (tertiary/aromatic N) is 1. The van der Waals surface area contributed by atoms with Crippen LogP contribution in [0.5, 0.6) is 0 Å². The summed E-state index contributed by atoms with van der Waals surface area (Å²) in [5.74, 6) is -0.214. The summed E-state index contributed by atoms with van der Waals surface area (Å²) in [6, 6.07) is 6.79. The topological polar surface area (TPSA) is 78.5 Å². The van der Waals surface area contributed by atoms with Crippen LogP contribution in [0.3, 0.4) is 0 Å². The van der Waals surface area contributed by atoms with Crippen LogP contribution < -0.4 is 10.6 Å². The zero-order valence-electron chi connectivity index (χ0n) is 15.4. The van der Waals surface area contributed by atoms with E-state index in [0.717, 1.165) is 12.8 Å². The number of hydrogen-bond donors (Lipinski definition) is 2. The second-order valence-electron chi connectivity index (χ2n) is 7.46. The molecule has 0 spiro atoms. The molecule has 2 rings (SSSR count). The zero-order chi connectivity index (χ0) is 18.6. The standard InChI is InChI=1S/C19H27N3O3/c1-5-22(12-16(23)21-19(2,3)4)18(25)14-8-10-15(11-9-14)20-17(24)13-6-7-13/h8-11,13H,5-7,12H2,1-4H3,(H,20,24)(H,21,23). The van der Waals surface area contributed by atoms with Crippen LogP contribution >= 0.6 is 0 Å². The molecule has 6 nitrogen and oxygen atoms in total. The van der Waals surface area contributed by atoms with Crippen molar-refractivity contribution in [2.75, 3.05) is 18.4 Å². The van der Waals surface area contributed by atoms with Gasteiger partial charge in [-0.05, 0) is 64.8 Å². The first-order valence-electron chi connectivity index (χ1n) is 8.71. The summed E-state index contributed by atoms with van der Waals surface area (Å²) in [7, 11) is 0. The van der Waals surface area contributed by atoms with Crippen molar-refractivity contribution < 1.29 is 14.4 Å². The van der Waals surface area contributed by atoms with E-state index in [0.29, 0.717) is 17.8 Å². The first kappa shape index (κ1) is 19.0. The summed E-state index contributed by atoms with van der Waals surface area (Å²) in [6.45, 7) is 8.00. The van der Waals surface area contributed by atoms with Crippen molar-refractivity contribution in [2.45, 2.75) is 46.1 Å². The summed E-state index contributed by atoms with van der Waals surface area (Å²) in [4.78, 5) is 37.9. The van der Waals surface area contributed by atoms with Gasteiger partial charge in [-0.2, -0.15) is 0 Å². The molecule has 0 bridgehead atoms. The summed E-state index contributed by atoms with van der Waals surface area (Å²) >= 11 is 0. The Bertz CT molecular complexity index is 643. The number of rotatable bonds is 6. The third-order valence-corrected chi connectivity index (χ3v) is 3.87. The molecular formula is C19H27N3O3. The lowest BCUT2D eigenvalue weighted by Gasteiger charge is -2.25. The Morgan fingerprint density at radius 3 is 2.20 bits per heavy atom. The molecule has 0 aliphatic heterocycles.